The fourth-order valence-electron chi connectivity index (χ4n) is 1.42. The molecule has 2 rings (SSSR count). The number of nitrogens with one attached hydrogen (secondary N) is 1. The van der Waals surface area contributed by atoms with Crippen LogP contribution in [-0.4, -0.2) is 6.21 Å². The van der Waals surface area contributed by atoms with Crippen molar-refractivity contribution in [3.63, 3.8) is 0 Å². The van der Waals surface area contributed by atoms with Crippen LogP contribution in [0.4, 0.5) is 5.69 Å². The molecular weight excluding hydrogens is 196 g/mol. The van der Waals surface area contributed by atoms with E-state index in [1.807, 2.05) is 54.7 Å². The molecule has 16 heavy (non-hydrogen) atoms. The van der Waals surface area contributed by atoms with Gasteiger partial charge in [0.05, 0.1) is 11.9 Å². The maximum Gasteiger partial charge on any atom is 0.0561 e. The zero-order valence-electron chi connectivity index (χ0n) is 9.22. The number of anilines is 1. The number of hydrogen-bond donors (Lipinski definition) is 1. The van der Waals surface area contributed by atoms with Crippen molar-refractivity contribution in [3.05, 3.63) is 65.7 Å². The third-order valence-electron chi connectivity index (χ3n) is 2.36. The first kappa shape index (κ1) is 10.4. The third kappa shape index (κ3) is 2.70. The molecule has 0 aliphatic carbocycles. The first-order valence-corrected chi connectivity index (χ1v) is 5.26. The minimum Gasteiger partial charge on any atom is -0.279 e. The van der Waals surface area contributed by atoms with E-state index in [9.17, 15) is 0 Å². The number of benzene rings is 2. The van der Waals surface area contributed by atoms with E-state index in [0.717, 1.165) is 11.3 Å². The zero-order valence-corrected chi connectivity index (χ0v) is 9.22. The van der Waals surface area contributed by atoms with Crippen molar-refractivity contribution >= 4 is 11.9 Å². The number of hydrogen-bond acceptors (Lipinski definition) is 2. The lowest BCUT2D eigenvalue weighted by molar-refractivity contribution is 1.34. The van der Waals surface area contributed by atoms with E-state index in [2.05, 4.69) is 23.5 Å². The van der Waals surface area contributed by atoms with E-state index in [1.165, 1.54) is 5.56 Å². The first-order valence-electron chi connectivity index (χ1n) is 5.26. The van der Waals surface area contributed by atoms with Crippen LogP contribution in [0.25, 0.3) is 0 Å². The second-order valence-corrected chi connectivity index (χ2v) is 3.59. The molecule has 0 fully saturated rings. The van der Waals surface area contributed by atoms with Crippen molar-refractivity contribution in [1.29, 1.82) is 0 Å². The summed E-state index contributed by atoms with van der Waals surface area (Å²) < 4.78 is 0. The molecule has 0 atom stereocenters. The summed E-state index contributed by atoms with van der Waals surface area (Å²) in [6.45, 7) is 2.07. The number of hydrazone groups is 1. The van der Waals surface area contributed by atoms with Crippen LogP contribution in [0.1, 0.15) is 11.1 Å². The Morgan fingerprint density at radius 2 is 1.62 bits per heavy atom. The first-order chi connectivity index (χ1) is 7.86. The van der Waals surface area contributed by atoms with Crippen molar-refractivity contribution in [2.75, 3.05) is 5.43 Å². The van der Waals surface area contributed by atoms with E-state index in [1.54, 1.807) is 0 Å². The van der Waals surface area contributed by atoms with Gasteiger partial charge in [0.2, 0.25) is 0 Å². The molecule has 0 radical (unpaired) electrons. The van der Waals surface area contributed by atoms with Crippen LogP contribution in [0.15, 0.2) is 59.7 Å². The highest BCUT2D eigenvalue weighted by Crippen LogP contribution is 2.06. The highest BCUT2D eigenvalue weighted by Gasteiger charge is 1.91. The molecule has 0 saturated heterocycles. The van der Waals surface area contributed by atoms with Gasteiger partial charge in [-0.25, -0.2) is 0 Å². The average Bonchev–Trinajstić information content (AvgIpc) is 2.33. The Kier molecular flexibility index (Phi) is 3.34. The second kappa shape index (κ2) is 5.12. The van der Waals surface area contributed by atoms with Gasteiger partial charge < -0.3 is 0 Å². The summed E-state index contributed by atoms with van der Waals surface area (Å²) in [6.07, 6.45) is 1.84. The molecule has 0 amide bonds. The summed E-state index contributed by atoms with van der Waals surface area (Å²) in [7, 11) is 0. The Morgan fingerprint density at radius 3 is 2.38 bits per heavy atom. The van der Waals surface area contributed by atoms with Crippen LogP contribution in [-0.2, 0) is 0 Å². The number of nitrogens with zero attached hydrogens (tertiary/aromatic N) is 1. The number of rotatable bonds is 3. The van der Waals surface area contributed by atoms with Crippen LogP contribution in [0, 0.1) is 6.92 Å². The summed E-state index contributed by atoms with van der Waals surface area (Å²) in [5.41, 5.74) is 6.34. The minimum atomic E-state index is 0.993. The Balaban J connectivity index is 2.03. The molecule has 0 heterocycles. The lowest BCUT2D eigenvalue weighted by atomic mass is 10.1. The molecule has 0 unspecified atom stereocenters. The Labute approximate surface area is 95.6 Å². The molecule has 0 aromatic heterocycles. The van der Waals surface area contributed by atoms with Gasteiger partial charge in [-0.05, 0) is 30.2 Å². The minimum absolute atomic E-state index is 0.993. The van der Waals surface area contributed by atoms with Crippen LogP contribution < -0.4 is 5.43 Å². The summed E-state index contributed by atoms with van der Waals surface area (Å²) in [5, 5.41) is 4.20. The summed E-state index contributed by atoms with van der Waals surface area (Å²) in [5.74, 6) is 0. The Hall–Kier alpha value is -2.09. The molecular formula is C14H14N2. The van der Waals surface area contributed by atoms with Gasteiger partial charge in [0.15, 0.2) is 0 Å². The molecule has 2 aromatic carbocycles. The monoisotopic (exact) mass is 210 g/mol. The average molecular weight is 210 g/mol. The van der Waals surface area contributed by atoms with Gasteiger partial charge in [0.1, 0.15) is 0 Å². The van der Waals surface area contributed by atoms with Crippen LogP contribution in [0.2, 0.25) is 0 Å². The number of aryl methyl sites for hydroxylation is 1. The highest BCUT2D eigenvalue weighted by molar-refractivity contribution is 5.82. The fraction of sp³-hybridized carbons (Fsp3) is 0.0714. The van der Waals surface area contributed by atoms with Crippen molar-refractivity contribution in [1.82, 2.24) is 0 Å². The number of para-hydroxylation sites is 1. The fourth-order valence-corrected chi connectivity index (χ4v) is 1.42. The SMILES string of the molecule is Cc1ccccc1/C=N\Nc1ccccc1. The van der Waals surface area contributed by atoms with E-state index in [-0.39, 0.29) is 0 Å². The largest absolute Gasteiger partial charge is 0.279 e. The predicted octanol–water partition coefficient (Wildman–Crippen LogP) is 3.44. The van der Waals surface area contributed by atoms with Crippen molar-refractivity contribution < 1.29 is 0 Å². The van der Waals surface area contributed by atoms with Gasteiger partial charge in [0.25, 0.3) is 0 Å². The van der Waals surface area contributed by atoms with Gasteiger partial charge in [0, 0.05) is 0 Å². The molecule has 0 spiro atoms. The maximum atomic E-state index is 4.20. The van der Waals surface area contributed by atoms with Gasteiger partial charge in [-0.15, -0.1) is 0 Å². The molecule has 1 N–H and O–H groups in total. The standard InChI is InChI=1S/C14H14N2/c1-12-7-5-6-8-13(12)11-15-16-14-9-3-2-4-10-14/h2-11,16H,1H3/b15-11-. The Morgan fingerprint density at radius 1 is 0.938 bits per heavy atom. The van der Waals surface area contributed by atoms with E-state index >= 15 is 0 Å². The highest BCUT2D eigenvalue weighted by atomic mass is 15.3. The van der Waals surface area contributed by atoms with Crippen LogP contribution >= 0.6 is 0 Å². The van der Waals surface area contributed by atoms with Gasteiger partial charge in [-0.3, -0.25) is 5.43 Å². The summed E-state index contributed by atoms with van der Waals surface area (Å²) in [6, 6.07) is 18.1. The van der Waals surface area contributed by atoms with E-state index in [0.29, 0.717) is 0 Å². The van der Waals surface area contributed by atoms with Gasteiger partial charge in [-0.1, -0.05) is 42.5 Å². The topological polar surface area (TPSA) is 24.4 Å². The van der Waals surface area contributed by atoms with Crippen molar-refractivity contribution in [2.24, 2.45) is 5.10 Å². The smallest absolute Gasteiger partial charge is 0.0561 e. The Bertz CT molecular complexity index is 475. The third-order valence-corrected chi connectivity index (χ3v) is 2.36. The quantitative estimate of drug-likeness (QED) is 0.609. The molecule has 2 nitrogen and oxygen atoms in total. The zero-order chi connectivity index (χ0) is 11.2. The molecule has 2 heteroatoms. The normalized spacial score (nSPS) is 10.6. The van der Waals surface area contributed by atoms with Crippen molar-refractivity contribution in [3.8, 4) is 0 Å². The van der Waals surface area contributed by atoms with Crippen molar-refractivity contribution in [2.45, 2.75) is 6.92 Å². The van der Waals surface area contributed by atoms with Gasteiger partial charge >= 0.3 is 0 Å². The summed E-state index contributed by atoms with van der Waals surface area (Å²) >= 11 is 0. The van der Waals surface area contributed by atoms with E-state index in [4.69, 9.17) is 0 Å². The molecule has 0 saturated carbocycles. The summed E-state index contributed by atoms with van der Waals surface area (Å²) in [4.78, 5) is 0. The molecule has 80 valence electrons. The lowest BCUT2D eigenvalue weighted by Crippen LogP contribution is -1.91. The van der Waals surface area contributed by atoms with E-state index < -0.39 is 0 Å². The predicted molar refractivity (Wildman–Crippen MR) is 68.8 cm³/mol. The second-order valence-electron chi connectivity index (χ2n) is 3.59. The molecule has 0 aliphatic heterocycles. The lowest BCUT2D eigenvalue weighted by Gasteiger charge is -2.00. The maximum absolute atomic E-state index is 4.20. The van der Waals surface area contributed by atoms with Crippen LogP contribution in [0.5, 0.6) is 0 Å². The molecule has 2 aromatic rings. The van der Waals surface area contributed by atoms with Gasteiger partial charge in [-0.2, -0.15) is 5.10 Å². The molecule has 0 aliphatic rings. The van der Waals surface area contributed by atoms with Crippen LogP contribution in [0.3, 0.4) is 0 Å². The molecule has 0 bridgehead atoms.